The zero-order valence-electron chi connectivity index (χ0n) is 11.6. The molecule has 0 spiro atoms. The van der Waals surface area contributed by atoms with Crippen molar-refractivity contribution in [3.05, 3.63) is 47.3 Å². The van der Waals surface area contributed by atoms with Gasteiger partial charge in [-0.05, 0) is 18.2 Å². The number of ketones is 1. The Morgan fingerprint density at radius 2 is 2.18 bits per heavy atom. The largest absolute Gasteiger partial charge is 0.507 e. The standard InChI is InChI=1S/C15H12N2O4S/c1-21-12-5-2-8(6-16-12)15-17-9(7-22-15)13-10(18)3-4-11(19)14(13)20/h2-7,11,18-19H,1H3. The van der Waals surface area contributed by atoms with E-state index in [1.807, 2.05) is 0 Å². The summed E-state index contributed by atoms with van der Waals surface area (Å²) in [6.45, 7) is 0. The minimum absolute atomic E-state index is 0.0268. The smallest absolute Gasteiger partial charge is 0.212 e. The summed E-state index contributed by atoms with van der Waals surface area (Å²) in [6, 6.07) is 3.52. The van der Waals surface area contributed by atoms with Crippen LogP contribution in [0, 0.1) is 0 Å². The Labute approximate surface area is 130 Å². The highest BCUT2D eigenvalue weighted by molar-refractivity contribution is 7.13. The Morgan fingerprint density at radius 3 is 2.86 bits per heavy atom. The first-order valence-corrected chi connectivity index (χ1v) is 7.28. The van der Waals surface area contributed by atoms with Gasteiger partial charge in [0.15, 0.2) is 0 Å². The molecule has 1 atom stereocenters. The maximum Gasteiger partial charge on any atom is 0.212 e. The minimum Gasteiger partial charge on any atom is -0.507 e. The van der Waals surface area contributed by atoms with Gasteiger partial charge in [-0.3, -0.25) is 4.79 Å². The molecule has 0 fully saturated rings. The van der Waals surface area contributed by atoms with Gasteiger partial charge in [0.1, 0.15) is 16.9 Å². The van der Waals surface area contributed by atoms with Crippen LogP contribution in [-0.2, 0) is 4.79 Å². The third-order valence-electron chi connectivity index (χ3n) is 3.16. The molecule has 2 aromatic heterocycles. The number of ether oxygens (including phenoxy) is 1. The Kier molecular flexibility index (Phi) is 3.74. The van der Waals surface area contributed by atoms with Gasteiger partial charge in [-0.1, -0.05) is 0 Å². The van der Waals surface area contributed by atoms with Crippen molar-refractivity contribution in [1.82, 2.24) is 9.97 Å². The van der Waals surface area contributed by atoms with E-state index in [0.717, 1.165) is 5.56 Å². The molecule has 0 aliphatic heterocycles. The van der Waals surface area contributed by atoms with Crippen molar-refractivity contribution in [2.45, 2.75) is 6.10 Å². The Bertz CT molecular complexity index is 777. The highest BCUT2D eigenvalue weighted by Crippen LogP contribution is 2.30. The van der Waals surface area contributed by atoms with Crippen LogP contribution in [0.2, 0.25) is 0 Å². The summed E-state index contributed by atoms with van der Waals surface area (Å²) in [5, 5.41) is 21.8. The summed E-state index contributed by atoms with van der Waals surface area (Å²) >= 11 is 1.32. The van der Waals surface area contributed by atoms with Gasteiger partial charge in [0, 0.05) is 23.2 Å². The van der Waals surface area contributed by atoms with E-state index >= 15 is 0 Å². The second-order valence-electron chi connectivity index (χ2n) is 4.56. The van der Waals surface area contributed by atoms with Crippen LogP contribution < -0.4 is 4.74 Å². The molecule has 0 saturated heterocycles. The third kappa shape index (κ3) is 2.51. The molecule has 22 heavy (non-hydrogen) atoms. The highest BCUT2D eigenvalue weighted by atomic mass is 32.1. The lowest BCUT2D eigenvalue weighted by atomic mass is 9.97. The normalized spacial score (nSPS) is 17.9. The van der Waals surface area contributed by atoms with Gasteiger partial charge in [0.05, 0.1) is 18.4 Å². The quantitative estimate of drug-likeness (QED) is 0.899. The number of methoxy groups -OCH3 is 1. The van der Waals surface area contributed by atoms with Gasteiger partial charge < -0.3 is 14.9 Å². The van der Waals surface area contributed by atoms with Crippen LogP contribution in [0.4, 0.5) is 0 Å². The van der Waals surface area contributed by atoms with Gasteiger partial charge in [-0.15, -0.1) is 11.3 Å². The SMILES string of the molecule is COc1ccc(-c2nc(C3=C(O)C=CC(O)C3=O)cs2)cn1. The van der Waals surface area contributed by atoms with E-state index in [-0.39, 0.29) is 11.3 Å². The minimum atomic E-state index is -1.25. The lowest BCUT2D eigenvalue weighted by Gasteiger charge is -2.12. The summed E-state index contributed by atoms with van der Waals surface area (Å²) in [4.78, 5) is 20.4. The molecule has 0 aromatic carbocycles. The second-order valence-corrected chi connectivity index (χ2v) is 5.41. The van der Waals surface area contributed by atoms with Crippen LogP contribution in [0.25, 0.3) is 16.1 Å². The van der Waals surface area contributed by atoms with Gasteiger partial charge in [-0.25, -0.2) is 9.97 Å². The molecular weight excluding hydrogens is 304 g/mol. The molecule has 1 aliphatic rings. The number of Topliss-reactive ketones (excluding diaryl/α,β-unsaturated/α-hetero) is 1. The summed E-state index contributed by atoms with van der Waals surface area (Å²) in [5.74, 6) is -0.263. The Morgan fingerprint density at radius 1 is 1.36 bits per heavy atom. The molecule has 3 rings (SSSR count). The number of thiazole rings is 1. The first-order chi connectivity index (χ1) is 10.6. The van der Waals surface area contributed by atoms with E-state index in [1.54, 1.807) is 23.7 Å². The summed E-state index contributed by atoms with van der Waals surface area (Å²) in [6.07, 6.45) is 2.91. The number of hydrogen-bond donors (Lipinski definition) is 2. The van der Waals surface area contributed by atoms with Crippen molar-refractivity contribution in [2.75, 3.05) is 7.11 Å². The fourth-order valence-corrected chi connectivity index (χ4v) is 2.83. The first kappa shape index (κ1) is 14.4. The predicted octanol–water partition coefficient (Wildman–Crippen LogP) is 1.98. The van der Waals surface area contributed by atoms with Gasteiger partial charge in [0.25, 0.3) is 0 Å². The monoisotopic (exact) mass is 316 g/mol. The molecular formula is C15H12N2O4S. The van der Waals surface area contributed by atoms with E-state index in [0.29, 0.717) is 16.6 Å². The Hall–Kier alpha value is -2.51. The highest BCUT2D eigenvalue weighted by Gasteiger charge is 2.27. The number of hydrogen-bond acceptors (Lipinski definition) is 7. The molecule has 6 nitrogen and oxygen atoms in total. The fourth-order valence-electron chi connectivity index (χ4n) is 2.03. The Balaban J connectivity index is 1.96. The molecule has 1 unspecified atom stereocenters. The maximum atomic E-state index is 12.0. The molecule has 112 valence electrons. The van der Waals surface area contributed by atoms with Crippen LogP contribution in [-0.4, -0.2) is 39.2 Å². The zero-order valence-corrected chi connectivity index (χ0v) is 12.4. The predicted molar refractivity (Wildman–Crippen MR) is 81.6 cm³/mol. The number of rotatable bonds is 3. The van der Waals surface area contributed by atoms with Crippen LogP contribution in [0.15, 0.2) is 41.6 Å². The van der Waals surface area contributed by atoms with Crippen molar-refractivity contribution in [3.8, 4) is 16.5 Å². The number of carbonyl (C=O) groups excluding carboxylic acids is 1. The molecule has 1 aliphatic carbocycles. The molecule has 2 aromatic rings. The van der Waals surface area contributed by atoms with Crippen molar-refractivity contribution in [1.29, 1.82) is 0 Å². The van der Waals surface area contributed by atoms with Crippen LogP contribution in [0.5, 0.6) is 5.88 Å². The number of nitrogens with zero attached hydrogens (tertiary/aromatic N) is 2. The summed E-state index contributed by atoms with van der Waals surface area (Å²) in [5.41, 5.74) is 1.14. The summed E-state index contributed by atoms with van der Waals surface area (Å²) < 4.78 is 5.00. The third-order valence-corrected chi connectivity index (χ3v) is 4.05. The van der Waals surface area contributed by atoms with Crippen LogP contribution in [0.1, 0.15) is 5.69 Å². The van der Waals surface area contributed by atoms with E-state index in [2.05, 4.69) is 9.97 Å². The van der Waals surface area contributed by atoms with Crippen molar-refractivity contribution < 1.29 is 19.7 Å². The van der Waals surface area contributed by atoms with Crippen LogP contribution >= 0.6 is 11.3 Å². The molecule has 0 amide bonds. The zero-order chi connectivity index (χ0) is 15.7. The molecule has 2 heterocycles. The maximum absolute atomic E-state index is 12.0. The fraction of sp³-hybridized carbons (Fsp3) is 0.133. The summed E-state index contributed by atoms with van der Waals surface area (Å²) in [7, 11) is 1.53. The van der Waals surface area contributed by atoms with E-state index < -0.39 is 11.9 Å². The lowest BCUT2D eigenvalue weighted by molar-refractivity contribution is -0.119. The van der Waals surface area contributed by atoms with Crippen molar-refractivity contribution in [2.24, 2.45) is 0 Å². The molecule has 0 radical (unpaired) electrons. The molecule has 2 N–H and O–H groups in total. The average Bonchev–Trinajstić information content (AvgIpc) is 3.01. The number of aliphatic hydroxyl groups is 2. The van der Waals surface area contributed by atoms with E-state index in [9.17, 15) is 15.0 Å². The topological polar surface area (TPSA) is 92.5 Å². The van der Waals surface area contributed by atoms with Crippen molar-refractivity contribution in [3.63, 3.8) is 0 Å². The number of aliphatic hydroxyl groups excluding tert-OH is 2. The van der Waals surface area contributed by atoms with E-state index in [4.69, 9.17) is 4.74 Å². The lowest BCUT2D eigenvalue weighted by Crippen LogP contribution is -2.23. The first-order valence-electron chi connectivity index (χ1n) is 6.40. The van der Waals surface area contributed by atoms with Crippen LogP contribution in [0.3, 0.4) is 0 Å². The van der Waals surface area contributed by atoms with Crippen molar-refractivity contribution >= 4 is 22.7 Å². The number of allylic oxidation sites excluding steroid dienone is 1. The second kappa shape index (κ2) is 5.70. The average molecular weight is 316 g/mol. The molecule has 0 bridgehead atoms. The van der Waals surface area contributed by atoms with E-state index in [1.165, 1.54) is 30.6 Å². The van der Waals surface area contributed by atoms with Gasteiger partial charge in [0.2, 0.25) is 11.7 Å². The molecule has 0 saturated carbocycles. The number of aromatic nitrogens is 2. The molecule has 7 heteroatoms. The number of pyridine rings is 1. The van der Waals surface area contributed by atoms with Gasteiger partial charge in [-0.2, -0.15) is 0 Å². The van der Waals surface area contributed by atoms with Gasteiger partial charge >= 0.3 is 0 Å². The number of carbonyl (C=O) groups is 1.